The maximum absolute atomic E-state index is 12.4. The zero-order valence-corrected chi connectivity index (χ0v) is 14.6. The van der Waals surface area contributed by atoms with Gasteiger partial charge in [-0.15, -0.1) is 5.10 Å². The number of nitrogens with zero attached hydrogens (tertiary/aromatic N) is 3. The number of benzene rings is 1. The second kappa shape index (κ2) is 7.19. The molecule has 0 fully saturated rings. The molecule has 0 radical (unpaired) electrons. The second-order valence-electron chi connectivity index (χ2n) is 5.75. The Kier molecular flexibility index (Phi) is 5.46. The molecule has 0 saturated carbocycles. The van der Waals surface area contributed by atoms with Crippen LogP contribution in [-0.4, -0.2) is 32.0 Å². The van der Waals surface area contributed by atoms with Gasteiger partial charge in [0.2, 0.25) is 0 Å². The Morgan fingerprint density at radius 3 is 2.46 bits per heavy atom. The molecule has 0 bridgehead atoms. The van der Waals surface area contributed by atoms with Crippen LogP contribution in [0.15, 0.2) is 24.4 Å². The van der Waals surface area contributed by atoms with Gasteiger partial charge in [-0.05, 0) is 32.0 Å². The lowest BCUT2D eigenvalue weighted by Gasteiger charge is -2.23. The number of aliphatic carboxylic acids is 1. The number of amides is 1. The highest BCUT2D eigenvalue weighted by Crippen LogP contribution is 2.22. The van der Waals surface area contributed by atoms with Gasteiger partial charge in [-0.1, -0.05) is 28.4 Å². The van der Waals surface area contributed by atoms with Gasteiger partial charge in [-0.25, -0.2) is 0 Å². The number of hydrogen-bond acceptors (Lipinski definition) is 4. The Bertz CT molecular complexity index is 754. The molecule has 0 aliphatic rings. The fraction of sp³-hybridized carbons (Fsp3) is 0.333. The van der Waals surface area contributed by atoms with Crippen molar-refractivity contribution in [3.63, 3.8) is 0 Å². The molecule has 1 amide bonds. The topological polar surface area (TPSA) is 97.1 Å². The average Bonchev–Trinajstić information content (AvgIpc) is 2.93. The van der Waals surface area contributed by atoms with Gasteiger partial charge in [-0.3, -0.25) is 14.3 Å². The first-order valence-corrected chi connectivity index (χ1v) is 7.84. The summed E-state index contributed by atoms with van der Waals surface area (Å²) in [5.74, 6) is -1.28. The van der Waals surface area contributed by atoms with Crippen LogP contribution in [0.2, 0.25) is 10.0 Å². The minimum Gasteiger partial charge on any atom is -0.481 e. The molecule has 0 aliphatic heterocycles. The van der Waals surface area contributed by atoms with E-state index in [-0.39, 0.29) is 18.9 Å². The van der Waals surface area contributed by atoms with E-state index < -0.39 is 11.5 Å². The number of rotatable bonds is 6. The summed E-state index contributed by atoms with van der Waals surface area (Å²) < 4.78 is 1.42. The number of carboxylic acids is 1. The molecule has 9 heteroatoms. The van der Waals surface area contributed by atoms with Gasteiger partial charge in [0.15, 0.2) is 0 Å². The van der Waals surface area contributed by atoms with Crippen LogP contribution in [0.25, 0.3) is 0 Å². The minimum absolute atomic E-state index is 0.0589. The third-order valence-corrected chi connectivity index (χ3v) is 3.72. The molecule has 7 nitrogen and oxygen atoms in total. The van der Waals surface area contributed by atoms with Gasteiger partial charge in [0.25, 0.3) is 5.91 Å². The summed E-state index contributed by atoms with van der Waals surface area (Å²) in [6.07, 6.45) is 1.55. The molecule has 2 aromatic rings. The minimum atomic E-state index is -0.919. The van der Waals surface area contributed by atoms with Crippen LogP contribution in [0, 0.1) is 0 Å². The molecular formula is C15H16Cl2N4O3. The summed E-state index contributed by atoms with van der Waals surface area (Å²) in [6, 6.07) is 4.57. The monoisotopic (exact) mass is 370 g/mol. The van der Waals surface area contributed by atoms with Crippen molar-refractivity contribution in [2.24, 2.45) is 0 Å². The maximum atomic E-state index is 12.4. The number of aryl methyl sites for hydroxylation is 1. The Hall–Kier alpha value is -2.12. The highest BCUT2D eigenvalue weighted by Gasteiger charge is 2.27. The van der Waals surface area contributed by atoms with E-state index in [1.54, 1.807) is 26.1 Å². The van der Waals surface area contributed by atoms with Crippen molar-refractivity contribution in [2.75, 3.05) is 0 Å². The molecule has 24 heavy (non-hydrogen) atoms. The summed E-state index contributed by atoms with van der Waals surface area (Å²) in [6.45, 7) is 3.74. The van der Waals surface area contributed by atoms with E-state index in [1.807, 2.05) is 0 Å². The first-order valence-electron chi connectivity index (χ1n) is 7.08. The van der Waals surface area contributed by atoms with Crippen molar-refractivity contribution in [1.82, 2.24) is 20.3 Å². The van der Waals surface area contributed by atoms with Gasteiger partial charge in [0.05, 0.1) is 24.7 Å². The lowest BCUT2D eigenvalue weighted by atomic mass is 10.0. The first-order chi connectivity index (χ1) is 11.2. The average molecular weight is 371 g/mol. The Morgan fingerprint density at radius 2 is 1.88 bits per heavy atom. The number of hydrogen-bond donors (Lipinski definition) is 2. The molecule has 0 atom stereocenters. The predicted molar refractivity (Wildman–Crippen MR) is 89.2 cm³/mol. The Balaban J connectivity index is 2.12. The van der Waals surface area contributed by atoms with Crippen molar-refractivity contribution in [3.05, 3.63) is 45.7 Å². The molecule has 128 valence electrons. The molecule has 0 unspecified atom stereocenters. The smallest absolute Gasteiger partial charge is 0.305 e. The molecular weight excluding hydrogens is 355 g/mol. The summed E-state index contributed by atoms with van der Waals surface area (Å²) in [5.41, 5.74) is 0.0288. The normalized spacial score (nSPS) is 11.3. The number of aromatic nitrogens is 3. The molecule has 2 rings (SSSR count). The van der Waals surface area contributed by atoms with Crippen LogP contribution < -0.4 is 5.32 Å². The van der Waals surface area contributed by atoms with Crippen LogP contribution >= 0.6 is 23.2 Å². The summed E-state index contributed by atoms with van der Waals surface area (Å²) in [5, 5.41) is 20.1. The Labute approximate surface area is 148 Å². The van der Waals surface area contributed by atoms with Gasteiger partial charge in [0, 0.05) is 15.6 Å². The summed E-state index contributed by atoms with van der Waals surface area (Å²) in [4.78, 5) is 23.0. The fourth-order valence-corrected chi connectivity index (χ4v) is 2.54. The summed E-state index contributed by atoms with van der Waals surface area (Å²) >= 11 is 11.8. The van der Waals surface area contributed by atoms with Gasteiger partial charge in [-0.2, -0.15) is 0 Å². The Morgan fingerprint density at radius 1 is 1.25 bits per heavy atom. The van der Waals surface area contributed by atoms with E-state index in [2.05, 4.69) is 15.6 Å². The highest BCUT2D eigenvalue weighted by molar-refractivity contribution is 6.35. The van der Waals surface area contributed by atoms with Gasteiger partial charge >= 0.3 is 5.97 Å². The number of carbonyl (C=O) groups excluding carboxylic acids is 1. The largest absolute Gasteiger partial charge is 0.481 e. The number of carbonyl (C=O) groups is 2. The zero-order valence-electron chi connectivity index (χ0n) is 13.1. The lowest BCUT2D eigenvalue weighted by Crippen LogP contribution is -2.41. The van der Waals surface area contributed by atoms with Crippen LogP contribution in [-0.2, 0) is 16.9 Å². The van der Waals surface area contributed by atoms with E-state index in [0.717, 1.165) is 0 Å². The standard InChI is InChI=1S/C15H16Cl2N4O3/c1-15(2,12-8-21(20-19-12)4-3-13(22)23)18-14(24)9-5-10(16)7-11(17)6-9/h5-8H,3-4H2,1-2H3,(H,18,24)(H,22,23). The van der Waals surface area contributed by atoms with E-state index in [1.165, 1.54) is 16.8 Å². The van der Waals surface area contributed by atoms with Crippen molar-refractivity contribution < 1.29 is 14.7 Å². The quantitative estimate of drug-likeness (QED) is 0.814. The molecule has 1 aromatic heterocycles. The SMILES string of the molecule is CC(C)(NC(=O)c1cc(Cl)cc(Cl)c1)c1cn(CCC(=O)O)nn1. The number of halogens is 2. The molecule has 1 heterocycles. The zero-order chi connectivity index (χ0) is 17.9. The van der Waals surface area contributed by atoms with E-state index >= 15 is 0 Å². The van der Waals surface area contributed by atoms with Crippen LogP contribution in [0.5, 0.6) is 0 Å². The third kappa shape index (κ3) is 4.69. The molecule has 1 aromatic carbocycles. The van der Waals surface area contributed by atoms with Gasteiger partial charge in [0.1, 0.15) is 5.69 Å². The molecule has 0 saturated heterocycles. The third-order valence-electron chi connectivity index (χ3n) is 3.28. The number of nitrogens with one attached hydrogen (secondary N) is 1. The van der Waals surface area contributed by atoms with Gasteiger partial charge < -0.3 is 10.4 Å². The summed E-state index contributed by atoms with van der Waals surface area (Å²) in [7, 11) is 0. The predicted octanol–water partition coefficient (Wildman–Crippen LogP) is 2.72. The first kappa shape index (κ1) is 18.2. The molecule has 0 spiro atoms. The molecule has 2 N–H and O–H groups in total. The van der Waals surface area contributed by atoms with Crippen molar-refractivity contribution in [1.29, 1.82) is 0 Å². The van der Waals surface area contributed by atoms with Crippen molar-refractivity contribution in [3.8, 4) is 0 Å². The van der Waals surface area contributed by atoms with Crippen molar-refractivity contribution >= 4 is 35.1 Å². The maximum Gasteiger partial charge on any atom is 0.305 e. The molecule has 0 aliphatic carbocycles. The lowest BCUT2D eigenvalue weighted by molar-refractivity contribution is -0.137. The fourth-order valence-electron chi connectivity index (χ4n) is 2.01. The highest BCUT2D eigenvalue weighted by atomic mass is 35.5. The number of carboxylic acid groups (broad SMARTS) is 1. The van der Waals surface area contributed by atoms with Crippen LogP contribution in [0.1, 0.15) is 36.3 Å². The van der Waals surface area contributed by atoms with Crippen LogP contribution in [0.3, 0.4) is 0 Å². The second-order valence-corrected chi connectivity index (χ2v) is 6.62. The van der Waals surface area contributed by atoms with E-state index in [9.17, 15) is 9.59 Å². The van der Waals surface area contributed by atoms with Crippen molar-refractivity contribution in [2.45, 2.75) is 32.4 Å². The van der Waals surface area contributed by atoms with Crippen LogP contribution in [0.4, 0.5) is 0 Å². The van der Waals surface area contributed by atoms with E-state index in [0.29, 0.717) is 21.3 Å². The van der Waals surface area contributed by atoms with E-state index in [4.69, 9.17) is 28.3 Å².